The summed E-state index contributed by atoms with van der Waals surface area (Å²) in [6.07, 6.45) is 66.7. The number of rotatable bonds is 56. The highest BCUT2D eigenvalue weighted by Gasteiger charge is 2.28. The number of carbonyl (C=O) groups excluding carboxylic acids is 3. The van der Waals surface area contributed by atoms with Crippen LogP contribution in [0.15, 0.2) is 85.1 Å². The SMILES string of the molecule is CC/C=C\C/C=C\C/C=C\CCCCCCCC(=O)OCC(COP(=O)(O)OCC(CO)OC(=O)CCCCCCC/C=C\CCCCCCCC)OC(=O)CCCCCCCC/C=C\C/C=C\C/C=C\CCCCC. The van der Waals surface area contributed by atoms with E-state index in [1.807, 2.05) is 0 Å². The Morgan fingerprint density at radius 2 is 0.684 bits per heavy atom. The number of carbonyl (C=O) groups is 3. The van der Waals surface area contributed by atoms with Crippen LogP contribution >= 0.6 is 7.82 Å². The van der Waals surface area contributed by atoms with Gasteiger partial charge in [0.2, 0.25) is 0 Å². The molecule has 3 atom stereocenters. The number of aliphatic hydroxyl groups is 1. The molecule has 76 heavy (non-hydrogen) atoms. The molecule has 0 aromatic rings. The van der Waals surface area contributed by atoms with Gasteiger partial charge in [0.15, 0.2) is 6.10 Å². The zero-order valence-corrected chi connectivity index (χ0v) is 49.3. The van der Waals surface area contributed by atoms with Gasteiger partial charge in [0.05, 0.1) is 19.8 Å². The number of unbranched alkanes of at least 4 members (excludes halogenated alkanes) is 25. The Kier molecular flexibility index (Phi) is 55.3. The number of esters is 3. The van der Waals surface area contributed by atoms with Gasteiger partial charge in [-0.15, -0.1) is 0 Å². The van der Waals surface area contributed by atoms with Crippen molar-refractivity contribution in [1.82, 2.24) is 0 Å². The fraction of sp³-hybridized carbons (Fsp3) is 0.734. The molecule has 0 radical (unpaired) electrons. The van der Waals surface area contributed by atoms with Crippen LogP contribution < -0.4 is 0 Å². The highest BCUT2D eigenvalue weighted by molar-refractivity contribution is 7.47. The molecule has 0 aromatic heterocycles. The Labute approximate surface area is 464 Å². The van der Waals surface area contributed by atoms with Gasteiger partial charge in [0.25, 0.3) is 0 Å². The largest absolute Gasteiger partial charge is 0.472 e. The van der Waals surface area contributed by atoms with E-state index in [1.54, 1.807) is 0 Å². The van der Waals surface area contributed by atoms with E-state index in [0.717, 1.165) is 141 Å². The summed E-state index contributed by atoms with van der Waals surface area (Å²) in [6.45, 7) is 4.47. The third-order valence-corrected chi connectivity index (χ3v) is 13.7. The van der Waals surface area contributed by atoms with E-state index in [-0.39, 0.29) is 25.9 Å². The molecule has 2 N–H and O–H groups in total. The van der Waals surface area contributed by atoms with Crippen molar-refractivity contribution >= 4 is 25.7 Å². The van der Waals surface area contributed by atoms with Crippen LogP contribution in [-0.2, 0) is 42.2 Å². The summed E-state index contributed by atoms with van der Waals surface area (Å²) in [5.74, 6) is -1.51. The van der Waals surface area contributed by atoms with Crippen molar-refractivity contribution in [2.24, 2.45) is 0 Å². The van der Waals surface area contributed by atoms with Crippen molar-refractivity contribution in [3.8, 4) is 0 Å². The molecule has 11 nitrogen and oxygen atoms in total. The van der Waals surface area contributed by atoms with Gasteiger partial charge in [-0.05, 0) is 116 Å². The lowest BCUT2D eigenvalue weighted by atomic mass is 10.1. The van der Waals surface area contributed by atoms with Gasteiger partial charge in [0, 0.05) is 19.3 Å². The molecule has 0 saturated carbocycles. The van der Waals surface area contributed by atoms with Crippen molar-refractivity contribution in [2.75, 3.05) is 26.4 Å². The van der Waals surface area contributed by atoms with E-state index >= 15 is 0 Å². The lowest BCUT2D eigenvalue weighted by Gasteiger charge is -2.21. The minimum Gasteiger partial charge on any atom is -0.462 e. The Morgan fingerprint density at radius 3 is 1.09 bits per heavy atom. The Hall–Kier alpha value is -3.34. The molecule has 0 fully saturated rings. The van der Waals surface area contributed by atoms with E-state index in [1.165, 1.54) is 64.2 Å². The maximum atomic E-state index is 12.9. The monoisotopic (exact) mass is 1090 g/mol. The summed E-state index contributed by atoms with van der Waals surface area (Å²) in [5, 5.41) is 9.83. The maximum absolute atomic E-state index is 12.9. The van der Waals surface area contributed by atoms with Crippen LogP contribution in [0.1, 0.15) is 265 Å². The number of hydrogen-bond donors (Lipinski definition) is 2. The topological polar surface area (TPSA) is 155 Å². The second kappa shape index (κ2) is 57.8. The Bertz CT molecular complexity index is 1600. The van der Waals surface area contributed by atoms with Gasteiger partial charge >= 0.3 is 25.7 Å². The average molecular weight is 1090 g/mol. The normalized spacial score (nSPS) is 13.9. The first-order valence-electron chi connectivity index (χ1n) is 30.5. The molecule has 0 aromatic carbocycles. The molecule has 0 rings (SSSR count). The first-order valence-corrected chi connectivity index (χ1v) is 32.0. The van der Waals surface area contributed by atoms with Gasteiger partial charge in [-0.3, -0.25) is 23.4 Å². The zero-order valence-electron chi connectivity index (χ0n) is 48.5. The number of aliphatic hydroxyl groups excluding tert-OH is 1. The van der Waals surface area contributed by atoms with Gasteiger partial charge in [-0.1, -0.05) is 215 Å². The predicted molar refractivity (Wildman–Crippen MR) is 316 cm³/mol. The van der Waals surface area contributed by atoms with Crippen molar-refractivity contribution in [1.29, 1.82) is 0 Å². The Balaban J connectivity index is 4.77. The number of allylic oxidation sites excluding steroid dienone is 14. The summed E-state index contributed by atoms with van der Waals surface area (Å²) >= 11 is 0. The maximum Gasteiger partial charge on any atom is 0.472 e. The van der Waals surface area contributed by atoms with Gasteiger partial charge < -0.3 is 24.2 Å². The molecule has 0 aliphatic heterocycles. The molecule has 12 heteroatoms. The molecular weight excluding hydrogens is 976 g/mol. The molecule has 0 bridgehead atoms. The highest BCUT2D eigenvalue weighted by atomic mass is 31.2. The quantitative estimate of drug-likeness (QED) is 0.0197. The molecule has 0 aliphatic carbocycles. The molecule has 3 unspecified atom stereocenters. The smallest absolute Gasteiger partial charge is 0.462 e. The molecule has 438 valence electrons. The number of hydrogen-bond acceptors (Lipinski definition) is 10. The molecule has 0 saturated heterocycles. The van der Waals surface area contributed by atoms with Crippen LogP contribution in [0.25, 0.3) is 0 Å². The molecule has 0 heterocycles. The summed E-state index contributed by atoms with van der Waals surface area (Å²) in [7, 11) is -4.76. The van der Waals surface area contributed by atoms with E-state index in [4.69, 9.17) is 23.3 Å². The number of ether oxygens (including phenoxy) is 3. The van der Waals surface area contributed by atoms with Crippen LogP contribution in [0, 0.1) is 0 Å². The second-order valence-electron chi connectivity index (χ2n) is 20.1. The van der Waals surface area contributed by atoms with Crippen molar-refractivity contribution < 1.29 is 52.2 Å². The minimum atomic E-state index is -4.76. The molecule has 0 spiro atoms. The van der Waals surface area contributed by atoms with E-state index < -0.39 is 57.8 Å². The third-order valence-electron chi connectivity index (χ3n) is 12.8. The van der Waals surface area contributed by atoms with E-state index in [0.29, 0.717) is 19.3 Å². The molecule has 0 amide bonds. The standard InChI is InChI=1S/C64H111O11P/c1-4-7-10-13-16-19-22-25-28-29-30-31-34-37-40-43-46-49-52-55-64(68)75-61(57-71-62(66)53-50-47-44-41-38-35-32-26-23-20-17-14-11-8-5-2)59-73-76(69,70)72-58-60(56-65)74-63(67)54-51-48-45-42-39-36-33-27-24-21-18-15-12-9-6-3/h8,11,16-17,19-20,25-28,30-33,60-61,65H,4-7,9-10,12-15,18,21-24,29,34-59H2,1-3H3,(H,69,70)/b11-8-,19-16-,20-17-,28-25-,31-30-,32-26-,33-27-. The van der Waals surface area contributed by atoms with Crippen LogP contribution in [0.5, 0.6) is 0 Å². The van der Waals surface area contributed by atoms with Crippen molar-refractivity contribution in [2.45, 2.75) is 277 Å². The summed E-state index contributed by atoms with van der Waals surface area (Å²) in [4.78, 5) is 48.6. The van der Waals surface area contributed by atoms with E-state index in [9.17, 15) is 28.9 Å². The summed E-state index contributed by atoms with van der Waals surface area (Å²) in [6, 6.07) is 0. The van der Waals surface area contributed by atoms with Crippen molar-refractivity contribution in [3.63, 3.8) is 0 Å². The summed E-state index contributed by atoms with van der Waals surface area (Å²) in [5.41, 5.74) is 0. The fourth-order valence-electron chi connectivity index (χ4n) is 8.14. The number of phosphoric acid groups is 1. The first-order chi connectivity index (χ1) is 37.2. The highest BCUT2D eigenvalue weighted by Crippen LogP contribution is 2.43. The van der Waals surface area contributed by atoms with Gasteiger partial charge in [-0.25, -0.2) is 4.57 Å². The second-order valence-corrected chi connectivity index (χ2v) is 21.6. The predicted octanol–water partition coefficient (Wildman–Crippen LogP) is 18.3. The lowest BCUT2D eigenvalue weighted by molar-refractivity contribution is -0.161. The molecule has 0 aliphatic rings. The van der Waals surface area contributed by atoms with Crippen LogP contribution in [0.2, 0.25) is 0 Å². The number of phosphoric ester groups is 1. The van der Waals surface area contributed by atoms with Gasteiger partial charge in [-0.2, -0.15) is 0 Å². The fourth-order valence-corrected chi connectivity index (χ4v) is 8.92. The third kappa shape index (κ3) is 55.4. The van der Waals surface area contributed by atoms with Crippen LogP contribution in [0.3, 0.4) is 0 Å². The molecular formula is C64H111O11P. The van der Waals surface area contributed by atoms with E-state index in [2.05, 4.69) is 106 Å². The van der Waals surface area contributed by atoms with Gasteiger partial charge in [0.1, 0.15) is 12.7 Å². The Morgan fingerprint density at radius 1 is 0.382 bits per heavy atom. The van der Waals surface area contributed by atoms with Crippen molar-refractivity contribution in [3.05, 3.63) is 85.1 Å². The lowest BCUT2D eigenvalue weighted by Crippen LogP contribution is -2.30. The first kappa shape index (κ1) is 72.7. The minimum absolute atomic E-state index is 0.146. The van der Waals surface area contributed by atoms with Crippen LogP contribution in [0.4, 0.5) is 0 Å². The zero-order chi connectivity index (χ0) is 55.5. The summed E-state index contributed by atoms with van der Waals surface area (Å²) < 4.78 is 39.6. The average Bonchev–Trinajstić information content (AvgIpc) is 3.41. The van der Waals surface area contributed by atoms with Crippen LogP contribution in [-0.4, -0.2) is 66.5 Å².